The molecule has 150 valence electrons. The van der Waals surface area contributed by atoms with Crippen LogP contribution in [0.2, 0.25) is 0 Å². The molecule has 0 bridgehead atoms. The van der Waals surface area contributed by atoms with E-state index in [1.165, 1.54) is 18.3 Å². The summed E-state index contributed by atoms with van der Waals surface area (Å²) in [4.78, 5) is 27.3. The lowest BCUT2D eigenvalue weighted by molar-refractivity contribution is 0.303. The van der Waals surface area contributed by atoms with Gasteiger partial charge in [-0.25, -0.2) is 9.18 Å². The number of rotatable bonds is 5. The molecular formula is C22H15BrFN3O3. The highest BCUT2D eigenvalue weighted by Crippen LogP contribution is 2.26. The van der Waals surface area contributed by atoms with Crippen LogP contribution in [0.15, 0.2) is 85.9 Å². The standard InChI is InChI=1S/C22H15BrFN3O3/c23-18-11-14(8-9-20(18)30-13-15-4-3-5-16(24)10-15)12-25-27-21(28)17-6-1-2-7-19(17)26-22(27)29/h1-12H,13H2,(H,26,29). The molecule has 0 atom stereocenters. The van der Waals surface area contributed by atoms with E-state index in [-0.39, 0.29) is 12.4 Å². The highest BCUT2D eigenvalue weighted by molar-refractivity contribution is 9.10. The van der Waals surface area contributed by atoms with Crippen LogP contribution in [0, 0.1) is 5.82 Å². The summed E-state index contributed by atoms with van der Waals surface area (Å²) in [6.45, 7) is 0.214. The molecule has 1 aromatic heterocycles. The molecule has 0 saturated carbocycles. The summed E-state index contributed by atoms with van der Waals surface area (Å²) >= 11 is 3.43. The van der Waals surface area contributed by atoms with E-state index >= 15 is 0 Å². The Labute approximate surface area is 178 Å². The van der Waals surface area contributed by atoms with E-state index in [1.54, 1.807) is 54.6 Å². The zero-order chi connectivity index (χ0) is 21.1. The molecule has 0 aliphatic rings. The van der Waals surface area contributed by atoms with Crippen molar-refractivity contribution in [1.82, 2.24) is 9.66 Å². The number of nitrogens with zero attached hydrogens (tertiary/aromatic N) is 2. The van der Waals surface area contributed by atoms with Crippen LogP contribution in [-0.4, -0.2) is 15.9 Å². The third-order valence-electron chi connectivity index (χ3n) is 4.35. The van der Waals surface area contributed by atoms with Crippen LogP contribution in [0.4, 0.5) is 4.39 Å². The molecule has 1 heterocycles. The predicted molar refractivity (Wildman–Crippen MR) is 117 cm³/mol. The van der Waals surface area contributed by atoms with Crippen LogP contribution in [0.5, 0.6) is 5.75 Å². The largest absolute Gasteiger partial charge is 0.488 e. The molecule has 0 amide bonds. The number of aromatic amines is 1. The van der Waals surface area contributed by atoms with Crippen molar-refractivity contribution < 1.29 is 9.13 Å². The number of hydrogen-bond donors (Lipinski definition) is 1. The highest BCUT2D eigenvalue weighted by Gasteiger charge is 2.07. The van der Waals surface area contributed by atoms with E-state index in [2.05, 4.69) is 26.0 Å². The summed E-state index contributed by atoms with van der Waals surface area (Å²) in [6, 6.07) is 18.1. The normalized spacial score (nSPS) is 11.3. The Morgan fingerprint density at radius 2 is 1.90 bits per heavy atom. The van der Waals surface area contributed by atoms with Gasteiger partial charge in [0.25, 0.3) is 5.56 Å². The van der Waals surface area contributed by atoms with Gasteiger partial charge < -0.3 is 9.72 Å². The molecule has 8 heteroatoms. The Morgan fingerprint density at radius 3 is 2.70 bits per heavy atom. The first kappa shape index (κ1) is 19.8. The second kappa shape index (κ2) is 8.46. The Morgan fingerprint density at radius 1 is 1.07 bits per heavy atom. The monoisotopic (exact) mass is 467 g/mol. The third-order valence-corrected chi connectivity index (χ3v) is 4.97. The van der Waals surface area contributed by atoms with Gasteiger partial charge in [-0.3, -0.25) is 4.79 Å². The molecule has 4 aromatic rings. The van der Waals surface area contributed by atoms with Crippen molar-refractivity contribution >= 4 is 33.0 Å². The molecular weight excluding hydrogens is 453 g/mol. The number of para-hydroxylation sites is 1. The van der Waals surface area contributed by atoms with Crippen LogP contribution in [0.25, 0.3) is 10.9 Å². The van der Waals surface area contributed by atoms with Crippen LogP contribution >= 0.6 is 15.9 Å². The average molecular weight is 468 g/mol. The third kappa shape index (κ3) is 4.23. The first-order valence-electron chi connectivity index (χ1n) is 8.96. The van der Waals surface area contributed by atoms with Crippen LogP contribution < -0.4 is 16.0 Å². The van der Waals surface area contributed by atoms with Gasteiger partial charge in [0, 0.05) is 0 Å². The fourth-order valence-corrected chi connectivity index (χ4v) is 3.40. The van der Waals surface area contributed by atoms with Gasteiger partial charge in [-0.2, -0.15) is 5.10 Å². The smallest absolute Gasteiger partial charge is 0.349 e. The highest BCUT2D eigenvalue weighted by atomic mass is 79.9. The quantitative estimate of drug-likeness (QED) is 0.449. The lowest BCUT2D eigenvalue weighted by atomic mass is 10.2. The van der Waals surface area contributed by atoms with Crippen molar-refractivity contribution in [2.45, 2.75) is 6.61 Å². The average Bonchev–Trinajstić information content (AvgIpc) is 2.73. The SMILES string of the molecule is O=c1[nH]c2ccccc2c(=O)n1N=Cc1ccc(OCc2cccc(F)c2)c(Br)c1. The van der Waals surface area contributed by atoms with E-state index in [0.717, 1.165) is 4.68 Å². The maximum absolute atomic E-state index is 13.3. The molecule has 0 spiro atoms. The van der Waals surface area contributed by atoms with Crippen LogP contribution in [0.3, 0.4) is 0 Å². The van der Waals surface area contributed by atoms with Gasteiger partial charge in [0.05, 0.1) is 21.6 Å². The Kier molecular flexibility index (Phi) is 5.58. The molecule has 0 aliphatic heterocycles. The van der Waals surface area contributed by atoms with Crippen LogP contribution in [-0.2, 0) is 6.61 Å². The van der Waals surface area contributed by atoms with E-state index in [1.807, 2.05) is 0 Å². The van der Waals surface area contributed by atoms with Gasteiger partial charge in [-0.15, -0.1) is 4.68 Å². The molecule has 0 saturated heterocycles. The molecule has 0 unspecified atom stereocenters. The number of ether oxygens (including phenoxy) is 1. The summed E-state index contributed by atoms with van der Waals surface area (Å²) in [5.74, 6) is 0.248. The second-order valence-corrected chi connectivity index (χ2v) is 7.30. The maximum atomic E-state index is 13.3. The molecule has 1 N–H and O–H groups in total. The van der Waals surface area contributed by atoms with Gasteiger partial charge in [0.2, 0.25) is 0 Å². The Bertz CT molecular complexity index is 1380. The van der Waals surface area contributed by atoms with Crippen molar-refractivity contribution in [2.75, 3.05) is 0 Å². The molecule has 30 heavy (non-hydrogen) atoms. The minimum absolute atomic E-state index is 0.214. The number of hydrogen-bond acceptors (Lipinski definition) is 4. The minimum atomic E-state index is -0.621. The molecule has 0 fully saturated rings. The van der Waals surface area contributed by atoms with E-state index in [4.69, 9.17) is 4.74 Å². The van der Waals surface area contributed by atoms with E-state index < -0.39 is 11.2 Å². The van der Waals surface area contributed by atoms with Crippen molar-refractivity contribution in [3.8, 4) is 5.75 Å². The molecule has 0 aliphatic carbocycles. The lowest BCUT2D eigenvalue weighted by Crippen LogP contribution is -2.32. The van der Waals surface area contributed by atoms with Crippen molar-refractivity contribution in [1.29, 1.82) is 0 Å². The second-order valence-electron chi connectivity index (χ2n) is 6.45. The van der Waals surface area contributed by atoms with Crippen molar-refractivity contribution in [3.63, 3.8) is 0 Å². The number of nitrogens with one attached hydrogen (secondary N) is 1. The van der Waals surface area contributed by atoms with Gasteiger partial charge >= 0.3 is 5.69 Å². The maximum Gasteiger partial charge on any atom is 0.349 e. The molecule has 6 nitrogen and oxygen atoms in total. The summed E-state index contributed by atoms with van der Waals surface area (Å²) in [7, 11) is 0. The number of benzene rings is 3. The van der Waals surface area contributed by atoms with E-state index in [0.29, 0.717) is 32.3 Å². The predicted octanol–water partition coefficient (Wildman–Crippen LogP) is 4.05. The number of aromatic nitrogens is 2. The Hall–Kier alpha value is -3.52. The minimum Gasteiger partial charge on any atom is -0.488 e. The van der Waals surface area contributed by atoms with Gasteiger partial charge in [0.1, 0.15) is 18.2 Å². The van der Waals surface area contributed by atoms with Gasteiger partial charge in [-0.05, 0) is 69.5 Å². The first-order chi connectivity index (χ1) is 14.5. The van der Waals surface area contributed by atoms with Crippen molar-refractivity contribution in [2.24, 2.45) is 5.10 Å². The summed E-state index contributed by atoms with van der Waals surface area (Å²) in [5.41, 5.74) is 0.701. The topological polar surface area (TPSA) is 76.5 Å². The zero-order valence-corrected chi connectivity index (χ0v) is 17.1. The summed E-state index contributed by atoms with van der Waals surface area (Å²) < 4.78 is 20.4. The van der Waals surface area contributed by atoms with E-state index in [9.17, 15) is 14.0 Å². The van der Waals surface area contributed by atoms with Crippen LogP contribution in [0.1, 0.15) is 11.1 Å². The fraction of sp³-hybridized carbons (Fsp3) is 0.0455. The fourth-order valence-electron chi connectivity index (χ4n) is 2.88. The number of fused-ring (bicyclic) bond motifs is 1. The zero-order valence-electron chi connectivity index (χ0n) is 15.5. The van der Waals surface area contributed by atoms with Gasteiger partial charge in [0.15, 0.2) is 0 Å². The van der Waals surface area contributed by atoms with Crippen molar-refractivity contribution in [3.05, 3.63) is 109 Å². The first-order valence-corrected chi connectivity index (χ1v) is 9.76. The van der Waals surface area contributed by atoms with Gasteiger partial charge in [-0.1, -0.05) is 24.3 Å². The Balaban J connectivity index is 1.55. The molecule has 0 radical (unpaired) electrons. The lowest BCUT2D eigenvalue weighted by Gasteiger charge is -2.09. The summed E-state index contributed by atoms with van der Waals surface area (Å²) in [5, 5.41) is 4.40. The summed E-state index contributed by atoms with van der Waals surface area (Å²) in [6.07, 6.45) is 1.41. The number of H-pyrrole nitrogens is 1. The number of halogens is 2. The molecule has 3 aromatic carbocycles. The molecule has 4 rings (SSSR count).